The van der Waals surface area contributed by atoms with Gasteiger partial charge in [-0.1, -0.05) is 29.4 Å². The molecule has 1 heterocycles. The van der Waals surface area contributed by atoms with Gasteiger partial charge in [-0.3, -0.25) is 9.59 Å². The van der Waals surface area contributed by atoms with E-state index in [1.54, 1.807) is 6.07 Å². The molecule has 0 atom stereocenters. The van der Waals surface area contributed by atoms with Gasteiger partial charge in [0.05, 0.1) is 11.3 Å². The largest absolute Gasteiger partial charge is 0.313 e. The number of hydrogen-bond donors (Lipinski definition) is 1. The number of benzene rings is 1. The van der Waals surface area contributed by atoms with Gasteiger partial charge in [0.1, 0.15) is 0 Å². The van der Waals surface area contributed by atoms with E-state index in [9.17, 15) is 9.59 Å². The van der Waals surface area contributed by atoms with E-state index in [1.807, 2.05) is 13.0 Å². The summed E-state index contributed by atoms with van der Waals surface area (Å²) in [6.45, 7) is 9.92. The van der Waals surface area contributed by atoms with Gasteiger partial charge in [0, 0.05) is 17.6 Å². The summed E-state index contributed by atoms with van der Waals surface area (Å²) < 4.78 is 0.810. The quantitative estimate of drug-likeness (QED) is 0.487. The fourth-order valence-electron chi connectivity index (χ4n) is 2.48. The van der Waals surface area contributed by atoms with E-state index >= 15 is 0 Å². The van der Waals surface area contributed by atoms with E-state index in [1.165, 1.54) is 4.90 Å². The zero-order chi connectivity index (χ0) is 15.6. The summed E-state index contributed by atoms with van der Waals surface area (Å²) >= 11 is 3.37. The molecule has 2 rings (SSSR count). The number of rotatable bonds is 6. The standard InChI is InChI=1S/C16H19BrN2O2/c1-4-5-18-8-10(2)9-19-14-11(3)6-12(17)7-13(14)15(20)16(19)21/h6-7,18H,2,4-5,8-9H2,1,3H3. The molecular formula is C16H19BrN2O2. The van der Waals surface area contributed by atoms with E-state index in [0.717, 1.165) is 28.6 Å². The summed E-state index contributed by atoms with van der Waals surface area (Å²) in [7, 11) is 0. The van der Waals surface area contributed by atoms with Crippen LogP contribution in [-0.4, -0.2) is 31.3 Å². The average molecular weight is 351 g/mol. The Morgan fingerprint density at radius 3 is 2.76 bits per heavy atom. The molecule has 21 heavy (non-hydrogen) atoms. The van der Waals surface area contributed by atoms with Crippen LogP contribution < -0.4 is 10.2 Å². The minimum Gasteiger partial charge on any atom is -0.313 e. The highest BCUT2D eigenvalue weighted by molar-refractivity contribution is 9.10. The van der Waals surface area contributed by atoms with Gasteiger partial charge >= 0.3 is 0 Å². The zero-order valence-electron chi connectivity index (χ0n) is 12.3. The Morgan fingerprint density at radius 1 is 1.38 bits per heavy atom. The number of nitrogens with one attached hydrogen (secondary N) is 1. The van der Waals surface area contributed by atoms with Gasteiger partial charge in [0.15, 0.2) is 0 Å². The normalized spacial score (nSPS) is 13.8. The predicted molar refractivity (Wildman–Crippen MR) is 87.9 cm³/mol. The van der Waals surface area contributed by atoms with Gasteiger partial charge in [-0.05, 0) is 43.2 Å². The Balaban J connectivity index is 2.21. The van der Waals surface area contributed by atoms with E-state index in [0.29, 0.717) is 24.3 Å². The third kappa shape index (κ3) is 3.24. The molecule has 0 aromatic heterocycles. The highest BCUT2D eigenvalue weighted by Crippen LogP contribution is 2.35. The fourth-order valence-corrected chi connectivity index (χ4v) is 3.05. The van der Waals surface area contributed by atoms with E-state index in [2.05, 4.69) is 34.7 Å². The Hall–Kier alpha value is -1.46. The van der Waals surface area contributed by atoms with Crippen LogP contribution in [0.4, 0.5) is 5.69 Å². The third-order valence-electron chi connectivity index (χ3n) is 3.40. The lowest BCUT2D eigenvalue weighted by Crippen LogP contribution is -2.34. The van der Waals surface area contributed by atoms with Crippen molar-refractivity contribution in [1.82, 2.24) is 5.32 Å². The molecule has 112 valence electrons. The van der Waals surface area contributed by atoms with Crippen LogP contribution in [0.25, 0.3) is 0 Å². The lowest BCUT2D eigenvalue weighted by Gasteiger charge is -2.20. The molecule has 1 N–H and O–H groups in total. The van der Waals surface area contributed by atoms with E-state index in [4.69, 9.17) is 0 Å². The minimum absolute atomic E-state index is 0.372. The summed E-state index contributed by atoms with van der Waals surface area (Å²) in [6.07, 6.45) is 1.05. The molecular weight excluding hydrogens is 332 g/mol. The minimum atomic E-state index is -0.470. The molecule has 0 aliphatic carbocycles. The summed E-state index contributed by atoms with van der Waals surface area (Å²) in [5.41, 5.74) is 2.98. The van der Waals surface area contributed by atoms with Crippen molar-refractivity contribution in [2.24, 2.45) is 0 Å². The molecule has 0 fully saturated rings. The van der Waals surface area contributed by atoms with Crippen molar-refractivity contribution in [2.75, 3.05) is 24.5 Å². The smallest absolute Gasteiger partial charge is 0.299 e. The zero-order valence-corrected chi connectivity index (χ0v) is 13.9. The van der Waals surface area contributed by atoms with E-state index in [-0.39, 0.29) is 0 Å². The molecule has 1 aliphatic heterocycles. The molecule has 0 bridgehead atoms. The number of hydrogen-bond acceptors (Lipinski definition) is 3. The lowest BCUT2D eigenvalue weighted by atomic mass is 10.1. The van der Waals surface area contributed by atoms with Crippen molar-refractivity contribution >= 4 is 33.3 Å². The van der Waals surface area contributed by atoms with Crippen molar-refractivity contribution in [2.45, 2.75) is 20.3 Å². The van der Waals surface area contributed by atoms with Crippen LogP contribution in [0.1, 0.15) is 29.3 Å². The number of carbonyl (C=O) groups excluding carboxylic acids is 2. The van der Waals surface area contributed by atoms with Crippen LogP contribution in [0.15, 0.2) is 28.8 Å². The highest BCUT2D eigenvalue weighted by Gasteiger charge is 2.37. The van der Waals surface area contributed by atoms with Crippen molar-refractivity contribution in [3.05, 3.63) is 39.9 Å². The van der Waals surface area contributed by atoms with Gasteiger partial charge in [-0.15, -0.1) is 0 Å². The first-order valence-corrected chi connectivity index (χ1v) is 7.78. The second-order valence-electron chi connectivity index (χ2n) is 5.27. The Morgan fingerprint density at radius 2 is 2.10 bits per heavy atom. The molecule has 1 aromatic rings. The molecule has 4 nitrogen and oxygen atoms in total. The molecule has 0 saturated heterocycles. The Kier molecular flexibility index (Phi) is 4.96. The molecule has 1 amide bonds. The van der Waals surface area contributed by atoms with Crippen LogP contribution in [0.5, 0.6) is 0 Å². The monoisotopic (exact) mass is 350 g/mol. The second-order valence-corrected chi connectivity index (χ2v) is 6.18. The van der Waals surface area contributed by atoms with Crippen LogP contribution >= 0.6 is 15.9 Å². The molecule has 1 aliphatic rings. The molecule has 1 aromatic carbocycles. The van der Waals surface area contributed by atoms with Gasteiger partial charge in [-0.25, -0.2) is 0 Å². The number of ketones is 1. The van der Waals surface area contributed by atoms with E-state index < -0.39 is 11.7 Å². The van der Waals surface area contributed by atoms with Crippen LogP contribution in [0.2, 0.25) is 0 Å². The number of Topliss-reactive ketones (excluding diaryl/α,β-unsaturated/α-hetero) is 1. The SMILES string of the molecule is C=C(CNCCC)CN1C(=O)C(=O)c2cc(Br)cc(C)c21. The maximum Gasteiger partial charge on any atom is 0.299 e. The number of nitrogens with zero attached hydrogens (tertiary/aromatic N) is 1. The molecule has 0 spiro atoms. The molecule has 0 unspecified atom stereocenters. The highest BCUT2D eigenvalue weighted by atomic mass is 79.9. The lowest BCUT2D eigenvalue weighted by molar-refractivity contribution is -0.114. The first-order valence-electron chi connectivity index (χ1n) is 6.99. The second kappa shape index (κ2) is 6.54. The first kappa shape index (κ1) is 15.9. The Labute approximate surface area is 133 Å². The summed E-state index contributed by atoms with van der Waals surface area (Å²) in [5, 5.41) is 3.25. The summed E-state index contributed by atoms with van der Waals surface area (Å²) in [4.78, 5) is 25.8. The summed E-state index contributed by atoms with van der Waals surface area (Å²) in [5.74, 6) is -0.911. The number of fused-ring (bicyclic) bond motifs is 1. The predicted octanol–water partition coefficient (Wildman–Crippen LogP) is 2.84. The summed E-state index contributed by atoms with van der Waals surface area (Å²) in [6, 6.07) is 3.62. The molecule has 0 saturated carbocycles. The third-order valence-corrected chi connectivity index (χ3v) is 3.86. The van der Waals surface area contributed by atoms with Gasteiger partial charge in [0.2, 0.25) is 0 Å². The number of aryl methyl sites for hydroxylation is 1. The number of anilines is 1. The van der Waals surface area contributed by atoms with Crippen molar-refractivity contribution in [3.8, 4) is 0 Å². The first-order chi connectivity index (χ1) is 9.95. The van der Waals surface area contributed by atoms with Gasteiger partial charge < -0.3 is 10.2 Å². The maximum atomic E-state index is 12.2. The number of halogens is 1. The number of carbonyl (C=O) groups is 2. The van der Waals surface area contributed by atoms with Crippen molar-refractivity contribution in [3.63, 3.8) is 0 Å². The van der Waals surface area contributed by atoms with Gasteiger partial charge in [-0.2, -0.15) is 0 Å². The van der Waals surface area contributed by atoms with Crippen LogP contribution in [0.3, 0.4) is 0 Å². The van der Waals surface area contributed by atoms with Gasteiger partial charge in [0.25, 0.3) is 11.7 Å². The topological polar surface area (TPSA) is 49.4 Å². The van der Waals surface area contributed by atoms with Crippen molar-refractivity contribution < 1.29 is 9.59 Å². The maximum absolute atomic E-state index is 12.2. The fraction of sp³-hybridized carbons (Fsp3) is 0.375. The average Bonchev–Trinajstić information content (AvgIpc) is 2.64. The number of amides is 1. The van der Waals surface area contributed by atoms with Crippen molar-refractivity contribution in [1.29, 1.82) is 0 Å². The van der Waals surface area contributed by atoms with Crippen LogP contribution in [-0.2, 0) is 4.79 Å². The van der Waals surface area contributed by atoms with Crippen LogP contribution in [0, 0.1) is 6.92 Å². The molecule has 0 radical (unpaired) electrons. The Bertz CT molecular complexity index is 611. The molecule has 5 heteroatoms.